The van der Waals surface area contributed by atoms with Gasteiger partial charge in [0.1, 0.15) is 0 Å². The molecule has 0 aliphatic carbocycles. The van der Waals surface area contributed by atoms with Crippen LogP contribution in [0.4, 0.5) is 11.4 Å². The van der Waals surface area contributed by atoms with E-state index in [0.717, 1.165) is 37.6 Å². The standard InChI is InChI=1S/C24H18N2O3S/c27-23(15-29-24(28)13-16-14-25-18-8-2-1-7-17(16)18)26-19-9-3-5-11-21(19)30-22-12-6-4-10-20(22)26/h1-12,14,25H,13,15H2. The third-order valence-electron chi connectivity index (χ3n) is 5.05. The van der Waals surface area contributed by atoms with Crippen molar-refractivity contribution in [2.24, 2.45) is 0 Å². The number of hydrogen-bond acceptors (Lipinski definition) is 4. The lowest BCUT2D eigenvalue weighted by Gasteiger charge is -2.30. The molecule has 0 atom stereocenters. The monoisotopic (exact) mass is 414 g/mol. The summed E-state index contributed by atoms with van der Waals surface area (Å²) in [6.45, 7) is -0.311. The van der Waals surface area contributed by atoms with Gasteiger partial charge in [-0.2, -0.15) is 0 Å². The fraction of sp³-hybridized carbons (Fsp3) is 0.0833. The molecule has 0 saturated heterocycles. The molecule has 2 heterocycles. The molecule has 0 bridgehead atoms. The number of fused-ring (bicyclic) bond motifs is 3. The highest BCUT2D eigenvalue weighted by Gasteiger charge is 2.28. The van der Waals surface area contributed by atoms with Crippen molar-refractivity contribution < 1.29 is 14.3 Å². The van der Waals surface area contributed by atoms with Gasteiger partial charge in [-0.15, -0.1) is 0 Å². The number of esters is 1. The Bertz CT molecular complexity index is 1220. The van der Waals surface area contributed by atoms with E-state index < -0.39 is 5.97 Å². The molecule has 5 nitrogen and oxygen atoms in total. The number of aromatic amines is 1. The van der Waals surface area contributed by atoms with Crippen LogP contribution in [-0.4, -0.2) is 23.5 Å². The van der Waals surface area contributed by atoms with Crippen molar-refractivity contribution in [3.05, 3.63) is 84.6 Å². The summed E-state index contributed by atoms with van der Waals surface area (Å²) in [5.41, 5.74) is 3.43. The lowest BCUT2D eigenvalue weighted by molar-refractivity contribution is -0.147. The van der Waals surface area contributed by atoms with Gasteiger partial charge >= 0.3 is 5.97 Å². The number of aromatic nitrogens is 1. The van der Waals surface area contributed by atoms with Gasteiger partial charge in [-0.1, -0.05) is 54.2 Å². The third-order valence-corrected chi connectivity index (χ3v) is 6.18. The molecule has 0 saturated carbocycles. The predicted molar refractivity (Wildman–Crippen MR) is 117 cm³/mol. The molecular weight excluding hydrogens is 396 g/mol. The van der Waals surface area contributed by atoms with E-state index in [4.69, 9.17) is 4.74 Å². The van der Waals surface area contributed by atoms with E-state index in [1.54, 1.807) is 16.7 Å². The van der Waals surface area contributed by atoms with Crippen LogP contribution in [-0.2, 0) is 20.7 Å². The van der Waals surface area contributed by atoms with Gasteiger partial charge in [-0.3, -0.25) is 14.5 Å². The van der Waals surface area contributed by atoms with Crippen LogP contribution in [0.3, 0.4) is 0 Å². The van der Waals surface area contributed by atoms with Crippen LogP contribution < -0.4 is 4.90 Å². The largest absolute Gasteiger partial charge is 0.455 e. The topological polar surface area (TPSA) is 62.4 Å². The number of nitrogens with zero attached hydrogens (tertiary/aromatic N) is 1. The minimum Gasteiger partial charge on any atom is -0.455 e. The van der Waals surface area contributed by atoms with Crippen LogP contribution in [0.5, 0.6) is 0 Å². The second kappa shape index (κ2) is 7.72. The van der Waals surface area contributed by atoms with Gasteiger partial charge in [0, 0.05) is 26.9 Å². The number of carbonyl (C=O) groups is 2. The van der Waals surface area contributed by atoms with E-state index in [9.17, 15) is 9.59 Å². The van der Waals surface area contributed by atoms with Gasteiger partial charge in [0.2, 0.25) is 0 Å². The summed E-state index contributed by atoms with van der Waals surface area (Å²) in [5, 5.41) is 0.983. The molecule has 30 heavy (non-hydrogen) atoms. The average molecular weight is 414 g/mol. The zero-order chi connectivity index (χ0) is 20.5. The van der Waals surface area contributed by atoms with E-state index >= 15 is 0 Å². The van der Waals surface area contributed by atoms with Gasteiger partial charge in [0.25, 0.3) is 5.91 Å². The summed E-state index contributed by atoms with van der Waals surface area (Å²) in [5.74, 6) is -0.705. The highest BCUT2D eigenvalue weighted by atomic mass is 32.2. The number of nitrogens with one attached hydrogen (secondary N) is 1. The summed E-state index contributed by atoms with van der Waals surface area (Å²) in [4.78, 5) is 32.3. The van der Waals surface area contributed by atoms with Crippen molar-refractivity contribution >= 4 is 45.9 Å². The van der Waals surface area contributed by atoms with Crippen LogP contribution in [0.1, 0.15) is 5.56 Å². The first kappa shape index (κ1) is 18.5. The molecule has 0 unspecified atom stereocenters. The minimum absolute atomic E-state index is 0.111. The zero-order valence-corrected chi connectivity index (χ0v) is 16.8. The second-order valence-electron chi connectivity index (χ2n) is 6.96. The van der Waals surface area contributed by atoms with Gasteiger partial charge < -0.3 is 9.72 Å². The Kier molecular flexibility index (Phi) is 4.77. The van der Waals surface area contributed by atoms with Crippen LogP contribution in [0, 0.1) is 0 Å². The van der Waals surface area contributed by atoms with E-state index in [1.165, 1.54) is 0 Å². The van der Waals surface area contributed by atoms with Crippen LogP contribution >= 0.6 is 11.8 Å². The van der Waals surface area contributed by atoms with Crippen molar-refractivity contribution in [1.82, 2.24) is 4.98 Å². The normalized spacial score (nSPS) is 12.3. The summed E-state index contributed by atoms with van der Waals surface area (Å²) in [6, 6.07) is 23.3. The number of ether oxygens (including phenoxy) is 1. The molecule has 0 fully saturated rings. The number of rotatable bonds is 4. The molecule has 4 aromatic rings. The van der Waals surface area contributed by atoms with Crippen molar-refractivity contribution in [2.45, 2.75) is 16.2 Å². The zero-order valence-electron chi connectivity index (χ0n) is 16.0. The number of para-hydroxylation sites is 3. The summed E-state index contributed by atoms with van der Waals surface area (Å²) in [7, 11) is 0. The Balaban J connectivity index is 1.33. The van der Waals surface area contributed by atoms with Gasteiger partial charge in [-0.25, -0.2) is 0 Å². The predicted octanol–water partition coefficient (Wildman–Crippen LogP) is 5.08. The highest BCUT2D eigenvalue weighted by Crippen LogP contribution is 2.47. The van der Waals surface area contributed by atoms with Crippen LogP contribution in [0.25, 0.3) is 10.9 Å². The molecule has 0 spiro atoms. The Morgan fingerprint density at radius 1 is 0.867 bits per heavy atom. The van der Waals surface area contributed by atoms with Crippen LogP contribution in [0.15, 0.2) is 88.8 Å². The molecule has 0 radical (unpaired) electrons. The average Bonchev–Trinajstić information content (AvgIpc) is 3.18. The smallest absolute Gasteiger partial charge is 0.310 e. The van der Waals surface area contributed by atoms with E-state index in [2.05, 4.69) is 4.98 Å². The second-order valence-corrected chi connectivity index (χ2v) is 8.05. The molecule has 148 valence electrons. The van der Waals surface area contributed by atoms with Gasteiger partial charge in [0.15, 0.2) is 6.61 Å². The van der Waals surface area contributed by atoms with Crippen molar-refractivity contribution in [2.75, 3.05) is 11.5 Å². The van der Waals surface area contributed by atoms with Crippen molar-refractivity contribution in [3.8, 4) is 0 Å². The maximum absolute atomic E-state index is 13.1. The molecule has 5 rings (SSSR count). The fourth-order valence-electron chi connectivity index (χ4n) is 3.66. The van der Waals surface area contributed by atoms with E-state index in [0.29, 0.717) is 0 Å². The molecule has 1 amide bonds. The molecule has 1 aliphatic rings. The first-order valence-corrected chi connectivity index (χ1v) is 10.4. The molecule has 3 aromatic carbocycles. The van der Waals surface area contributed by atoms with Gasteiger partial charge in [-0.05, 0) is 35.9 Å². The van der Waals surface area contributed by atoms with Crippen LogP contribution in [0.2, 0.25) is 0 Å². The summed E-state index contributed by atoms with van der Waals surface area (Å²) in [6.07, 6.45) is 1.92. The van der Waals surface area contributed by atoms with E-state index in [-0.39, 0.29) is 18.9 Å². The number of H-pyrrole nitrogens is 1. The maximum atomic E-state index is 13.1. The SMILES string of the molecule is O=C(Cc1c[nH]c2ccccc12)OCC(=O)N1c2ccccc2Sc2ccccc21. The highest BCUT2D eigenvalue weighted by molar-refractivity contribution is 7.99. The lowest BCUT2D eigenvalue weighted by Crippen LogP contribution is -2.32. The molecule has 1 aromatic heterocycles. The quantitative estimate of drug-likeness (QED) is 0.473. The minimum atomic E-state index is -0.430. The number of carbonyl (C=O) groups excluding carboxylic acids is 2. The maximum Gasteiger partial charge on any atom is 0.310 e. The van der Waals surface area contributed by atoms with Gasteiger partial charge in [0.05, 0.1) is 17.8 Å². The molecule has 6 heteroatoms. The lowest BCUT2D eigenvalue weighted by atomic mass is 10.1. The number of benzene rings is 3. The fourth-order valence-corrected chi connectivity index (χ4v) is 4.72. The third kappa shape index (κ3) is 3.35. The molecule has 1 N–H and O–H groups in total. The first-order valence-electron chi connectivity index (χ1n) is 9.60. The Hall–Kier alpha value is -3.51. The first-order chi connectivity index (χ1) is 14.7. The Morgan fingerprint density at radius 3 is 2.23 bits per heavy atom. The number of anilines is 2. The van der Waals surface area contributed by atoms with Crippen molar-refractivity contribution in [3.63, 3.8) is 0 Å². The Morgan fingerprint density at radius 2 is 1.50 bits per heavy atom. The Labute approximate surface area is 177 Å². The van der Waals surface area contributed by atoms with Crippen molar-refractivity contribution in [1.29, 1.82) is 0 Å². The molecular formula is C24H18N2O3S. The number of hydrogen-bond donors (Lipinski definition) is 1. The molecule has 1 aliphatic heterocycles. The number of amides is 1. The van der Waals surface area contributed by atoms with E-state index in [1.807, 2.05) is 79.0 Å². The summed E-state index contributed by atoms with van der Waals surface area (Å²) >= 11 is 1.63. The summed E-state index contributed by atoms with van der Waals surface area (Å²) < 4.78 is 5.36.